The van der Waals surface area contributed by atoms with Crippen LogP contribution < -0.4 is 5.32 Å². The van der Waals surface area contributed by atoms with E-state index in [2.05, 4.69) is 17.9 Å². The van der Waals surface area contributed by atoms with Crippen molar-refractivity contribution >= 4 is 18.5 Å². The van der Waals surface area contributed by atoms with Crippen LogP contribution in [0.1, 0.15) is 48.0 Å². The fraction of sp³-hybridized carbons (Fsp3) is 0.533. The van der Waals surface area contributed by atoms with Crippen molar-refractivity contribution in [3.05, 3.63) is 29.3 Å². The minimum Gasteiger partial charge on any atom is -0.352 e. The van der Waals surface area contributed by atoms with E-state index in [1.807, 2.05) is 25.1 Å². The zero-order valence-electron chi connectivity index (χ0n) is 10.9. The van der Waals surface area contributed by atoms with Gasteiger partial charge in [-0.1, -0.05) is 25.3 Å². The average molecular weight is 263 g/mol. The van der Waals surface area contributed by atoms with Gasteiger partial charge in [0.25, 0.3) is 5.91 Å². The van der Waals surface area contributed by atoms with E-state index in [1.54, 1.807) is 0 Å². The number of carbonyl (C=O) groups excluding carboxylic acids is 1. The van der Waals surface area contributed by atoms with E-state index in [1.165, 1.54) is 32.1 Å². The van der Waals surface area contributed by atoms with Gasteiger partial charge in [-0.25, -0.2) is 0 Å². The molecule has 1 fully saturated rings. The van der Waals surface area contributed by atoms with Crippen LogP contribution >= 0.6 is 12.6 Å². The summed E-state index contributed by atoms with van der Waals surface area (Å²) in [4.78, 5) is 13.0. The van der Waals surface area contributed by atoms with E-state index >= 15 is 0 Å². The summed E-state index contributed by atoms with van der Waals surface area (Å²) < 4.78 is 0. The van der Waals surface area contributed by atoms with Crippen molar-refractivity contribution in [1.29, 1.82) is 0 Å². The lowest BCUT2D eigenvalue weighted by Gasteiger charge is -2.21. The molecule has 0 radical (unpaired) electrons. The van der Waals surface area contributed by atoms with Gasteiger partial charge < -0.3 is 5.32 Å². The highest BCUT2D eigenvalue weighted by Gasteiger charge is 2.15. The van der Waals surface area contributed by atoms with Crippen LogP contribution in [0.4, 0.5) is 0 Å². The summed E-state index contributed by atoms with van der Waals surface area (Å²) in [6.45, 7) is 2.78. The van der Waals surface area contributed by atoms with Crippen LogP contribution in [-0.2, 0) is 0 Å². The lowest BCUT2D eigenvalue weighted by molar-refractivity contribution is 0.0942. The van der Waals surface area contributed by atoms with Crippen LogP contribution in [0.15, 0.2) is 23.1 Å². The number of benzene rings is 1. The quantitative estimate of drug-likeness (QED) is 0.802. The smallest absolute Gasteiger partial charge is 0.251 e. The lowest BCUT2D eigenvalue weighted by Crippen LogP contribution is -2.30. The highest BCUT2D eigenvalue weighted by Crippen LogP contribution is 2.23. The topological polar surface area (TPSA) is 29.1 Å². The number of hydrogen-bond donors (Lipinski definition) is 2. The molecule has 0 heterocycles. The predicted octanol–water partition coefficient (Wildman–Crippen LogP) is 3.59. The second kappa shape index (κ2) is 6.28. The Bertz CT molecular complexity index is 425. The maximum Gasteiger partial charge on any atom is 0.251 e. The predicted molar refractivity (Wildman–Crippen MR) is 77.3 cm³/mol. The molecule has 0 unspecified atom stereocenters. The highest BCUT2D eigenvalue weighted by atomic mass is 32.1. The summed E-state index contributed by atoms with van der Waals surface area (Å²) in [5.74, 6) is 0.705. The number of hydrogen-bond acceptors (Lipinski definition) is 2. The molecule has 1 amide bonds. The number of thiol groups is 1. The molecule has 0 spiro atoms. The Hall–Kier alpha value is -0.960. The molecule has 0 bridgehead atoms. The number of amides is 1. The molecular formula is C15H21NOS. The van der Waals surface area contributed by atoms with Gasteiger partial charge in [-0.3, -0.25) is 4.79 Å². The molecule has 0 aromatic heterocycles. The third kappa shape index (κ3) is 3.52. The molecule has 1 aliphatic carbocycles. The largest absolute Gasteiger partial charge is 0.352 e. The van der Waals surface area contributed by atoms with Crippen molar-refractivity contribution < 1.29 is 4.79 Å². The fourth-order valence-electron chi connectivity index (χ4n) is 2.58. The first kappa shape index (κ1) is 13.5. The van der Waals surface area contributed by atoms with E-state index in [-0.39, 0.29) is 5.91 Å². The van der Waals surface area contributed by atoms with Crippen molar-refractivity contribution in [2.24, 2.45) is 5.92 Å². The maximum absolute atomic E-state index is 12.1. The van der Waals surface area contributed by atoms with E-state index in [0.29, 0.717) is 5.92 Å². The van der Waals surface area contributed by atoms with Crippen LogP contribution in [0.2, 0.25) is 0 Å². The second-order valence-electron chi connectivity index (χ2n) is 5.21. The SMILES string of the molecule is Cc1ccc(S)cc1C(=O)NCC1CCCCC1. The fourth-order valence-corrected chi connectivity index (χ4v) is 2.78. The molecule has 18 heavy (non-hydrogen) atoms. The number of carbonyl (C=O) groups is 1. The van der Waals surface area contributed by atoms with Crippen LogP contribution in [-0.4, -0.2) is 12.5 Å². The summed E-state index contributed by atoms with van der Waals surface area (Å²) in [6, 6.07) is 5.70. The Labute approximate surface area is 115 Å². The van der Waals surface area contributed by atoms with E-state index in [0.717, 1.165) is 22.6 Å². The summed E-state index contributed by atoms with van der Waals surface area (Å²) >= 11 is 4.29. The van der Waals surface area contributed by atoms with E-state index in [9.17, 15) is 4.79 Å². The monoisotopic (exact) mass is 263 g/mol. The molecule has 1 aliphatic rings. The molecule has 1 N–H and O–H groups in total. The lowest BCUT2D eigenvalue weighted by atomic mass is 9.89. The number of aryl methyl sites for hydroxylation is 1. The first-order chi connectivity index (χ1) is 8.66. The van der Waals surface area contributed by atoms with Crippen molar-refractivity contribution in [2.45, 2.75) is 43.9 Å². The van der Waals surface area contributed by atoms with Gasteiger partial charge in [0.05, 0.1) is 0 Å². The van der Waals surface area contributed by atoms with Gasteiger partial charge in [0.2, 0.25) is 0 Å². The van der Waals surface area contributed by atoms with Gasteiger partial charge in [0.1, 0.15) is 0 Å². The summed E-state index contributed by atoms with van der Waals surface area (Å²) in [7, 11) is 0. The van der Waals surface area contributed by atoms with Crippen LogP contribution in [0.25, 0.3) is 0 Å². The zero-order chi connectivity index (χ0) is 13.0. The van der Waals surface area contributed by atoms with Crippen molar-refractivity contribution in [3.63, 3.8) is 0 Å². The Morgan fingerprint density at radius 3 is 2.78 bits per heavy atom. The van der Waals surface area contributed by atoms with Gasteiger partial charge in [0.15, 0.2) is 0 Å². The number of nitrogens with one attached hydrogen (secondary N) is 1. The molecule has 0 aliphatic heterocycles. The normalized spacial score (nSPS) is 16.6. The molecule has 2 nitrogen and oxygen atoms in total. The van der Waals surface area contributed by atoms with Crippen LogP contribution in [0.5, 0.6) is 0 Å². The number of rotatable bonds is 3. The molecule has 3 heteroatoms. The Kier molecular flexibility index (Phi) is 4.70. The Balaban J connectivity index is 1.92. The summed E-state index contributed by atoms with van der Waals surface area (Å²) in [6.07, 6.45) is 6.49. The summed E-state index contributed by atoms with van der Waals surface area (Å²) in [5.41, 5.74) is 1.76. The van der Waals surface area contributed by atoms with Gasteiger partial charge >= 0.3 is 0 Å². The molecule has 2 rings (SSSR count). The zero-order valence-corrected chi connectivity index (χ0v) is 11.8. The average Bonchev–Trinajstić information content (AvgIpc) is 2.40. The first-order valence-corrected chi connectivity index (χ1v) is 7.19. The molecule has 98 valence electrons. The standard InChI is InChI=1S/C15H21NOS/c1-11-7-8-13(18)9-14(11)15(17)16-10-12-5-3-2-4-6-12/h7-9,12,18H,2-6,10H2,1H3,(H,16,17). The third-order valence-corrected chi connectivity index (χ3v) is 4.02. The van der Waals surface area contributed by atoms with Crippen molar-refractivity contribution in [1.82, 2.24) is 5.32 Å². The van der Waals surface area contributed by atoms with Gasteiger partial charge in [-0.2, -0.15) is 0 Å². The van der Waals surface area contributed by atoms with Gasteiger partial charge in [-0.05, 0) is 43.4 Å². The minimum absolute atomic E-state index is 0.0361. The molecule has 0 saturated heterocycles. The van der Waals surface area contributed by atoms with E-state index < -0.39 is 0 Å². The van der Waals surface area contributed by atoms with Crippen molar-refractivity contribution in [3.8, 4) is 0 Å². The van der Waals surface area contributed by atoms with Crippen LogP contribution in [0, 0.1) is 12.8 Å². The first-order valence-electron chi connectivity index (χ1n) is 6.74. The van der Waals surface area contributed by atoms with Gasteiger partial charge in [-0.15, -0.1) is 12.6 Å². The van der Waals surface area contributed by atoms with E-state index in [4.69, 9.17) is 0 Å². The molecule has 1 saturated carbocycles. The highest BCUT2D eigenvalue weighted by molar-refractivity contribution is 7.80. The Morgan fingerprint density at radius 1 is 1.33 bits per heavy atom. The Morgan fingerprint density at radius 2 is 2.06 bits per heavy atom. The molecule has 0 atom stereocenters. The molecule has 1 aromatic carbocycles. The van der Waals surface area contributed by atoms with Crippen LogP contribution in [0.3, 0.4) is 0 Å². The maximum atomic E-state index is 12.1. The third-order valence-electron chi connectivity index (χ3n) is 3.74. The van der Waals surface area contributed by atoms with Gasteiger partial charge in [0, 0.05) is 17.0 Å². The minimum atomic E-state index is 0.0361. The molecular weight excluding hydrogens is 242 g/mol. The molecule has 1 aromatic rings. The second-order valence-corrected chi connectivity index (χ2v) is 5.73. The van der Waals surface area contributed by atoms with Crippen molar-refractivity contribution in [2.75, 3.05) is 6.54 Å². The summed E-state index contributed by atoms with van der Waals surface area (Å²) in [5, 5.41) is 3.06.